The van der Waals surface area contributed by atoms with Crippen molar-refractivity contribution in [1.29, 1.82) is 0 Å². The SMILES string of the molecule is CN(C)C(=O)C1(N2CCNCC2)CCCCC1.Cl. The van der Waals surface area contributed by atoms with Gasteiger partial charge in [0.25, 0.3) is 0 Å². The Morgan fingerprint density at radius 3 is 2.17 bits per heavy atom. The van der Waals surface area contributed by atoms with E-state index in [1.807, 2.05) is 14.1 Å². The second kappa shape index (κ2) is 6.73. The maximum absolute atomic E-state index is 12.6. The highest BCUT2D eigenvalue weighted by Crippen LogP contribution is 2.35. The molecule has 1 amide bonds. The average molecular weight is 276 g/mol. The molecule has 4 nitrogen and oxygen atoms in total. The topological polar surface area (TPSA) is 35.6 Å². The first-order valence-corrected chi connectivity index (χ1v) is 6.84. The van der Waals surface area contributed by atoms with Gasteiger partial charge in [-0.2, -0.15) is 0 Å². The second-order valence-electron chi connectivity index (χ2n) is 5.53. The molecule has 18 heavy (non-hydrogen) atoms. The van der Waals surface area contributed by atoms with Crippen LogP contribution in [0.15, 0.2) is 0 Å². The highest BCUT2D eigenvalue weighted by atomic mass is 35.5. The molecule has 0 bridgehead atoms. The van der Waals surface area contributed by atoms with E-state index in [0.717, 1.165) is 39.0 Å². The number of carbonyl (C=O) groups excluding carboxylic acids is 1. The van der Waals surface area contributed by atoms with E-state index in [0.29, 0.717) is 5.91 Å². The zero-order valence-corrected chi connectivity index (χ0v) is 12.4. The average Bonchev–Trinajstić information content (AvgIpc) is 2.39. The fourth-order valence-electron chi connectivity index (χ4n) is 3.31. The number of piperazine rings is 1. The van der Waals surface area contributed by atoms with Crippen LogP contribution in [0.5, 0.6) is 0 Å². The van der Waals surface area contributed by atoms with Gasteiger partial charge < -0.3 is 10.2 Å². The minimum absolute atomic E-state index is 0. The predicted octanol–water partition coefficient (Wildman–Crippen LogP) is 1.10. The van der Waals surface area contributed by atoms with E-state index >= 15 is 0 Å². The monoisotopic (exact) mass is 275 g/mol. The molecule has 106 valence electrons. The number of hydrogen-bond donors (Lipinski definition) is 1. The Kier molecular flexibility index (Phi) is 5.89. The lowest BCUT2D eigenvalue weighted by Gasteiger charge is -2.47. The maximum Gasteiger partial charge on any atom is 0.242 e. The third-order valence-electron chi connectivity index (χ3n) is 4.21. The second-order valence-corrected chi connectivity index (χ2v) is 5.53. The summed E-state index contributed by atoms with van der Waals surface area (Å²) in [5.74, 6) is 0.319. The van der Waals surface area contributed by atoms with Crippen molar-refractivity contribution < 1.29 is 4.79 Å². The van der Waals surface area contributed by atoms with Gasteiger partial charge in [-0.05, 0) is 12.8 Å². The number of rotatable bonds is 2. The van der Waals surface area contributed by atoms with E-state index in [4.69, 9.17) is 0 Å². The van der Waals surface area contributed by atoms with Gasteiger partial charge >= 0.3 is 0 Å². The molecule has 0 aromatic rings. The Hall–Kier alpha value is -0.320. The summed E-state index contributed by atoms with van der Waals surface area (Å²) in [6, 6.07) is 0. The van der Waals surface area contributed by atoms with Gasteiger partial charge in [-0.25, -0.2) is 0 Å². The number of likely N-dealkylation sites (N-methyl/N-ethyl adjacent to an activating group) is 1. The molecule has 1 aliphatic carbocycles. The minimum atomic E-state index is -0.191. The fraction of sp³-hybridized carbons (Fsp3) is 0.923. The number of hydrogen-bond acceptors (Lipinski definition) is 3. The standard InChI is InChI=1S/C13H25N3O.ClH/c1-15(2)12(17)13(6-4-3-5-7-13)16-10-8-14-9-11-16;/h14H,3-11H2,1-2H3;1H. The highest BCUT2D eigenvalue weighted by Gasteiger charge is 2.45. The molecular formula is C13H26ClN3O. The number of nitrogens with one attached hydrogen (secondary N) is 1. The van der Waals surface area contributed by atoms with Gasteiger partial charge in [0.1, 0.15) is 5.54 Å². The Morgan fingerprint density at radius 1 is 1.11 bits per heavy atom. The summed E-state index contributed by atoms with van der Waals surface area (Å²) >= 11 is 0. The summed E-state index contributed by atoms with van der Waals surface area (Å²) in [5.41, 5.74) is -0.191. The highest BCUT2D eigenvalue weighted by molar-refractivity contribution is 5.86. The molecule has 1 aliphatic heterocycles. The maximum atomic E-state index is 12.6. The molecule has 0 unspecified atom stereocenters. The zero-order valence-electron chi connectivity index (χ0n) is 11.6. The van der Waals surface area contributed by atoms with Gasteiger partial charge in [0.05, 0.1) is 0 Å². The first-order chi connectivity index (χ1) is 8.17. The molecule has 0 atom stereocenters. The summed E-state index contributed by atoms with van der Waals surface area (Å²) in [7, 11) is 3.78. The normalized spacial score (nSPS) is 24.1. The minimum Gasteiger partial charge on any atom is -0.347 e. The van der Waals surface area contributed by atoms with Gasteiger partial charge in [-0.1, -0.05) is 19.3 Å². The molecule has 1 N–H and O–H groups in total. The molecule has 1 saturated carbocycles. The molecule has 1 heterocycles. The molecule has 0 radical (unpaired) electrons. The summed E-state index contributed by atoms with van der Waals surface area (Å²) in [6.45, 7) is 4.06. The van der Waals surface area contributed by atoms with Crippen molar-refractivity contribution >= 4 is 18.3 Å². The van der Waals surface area contributed by atoms with E-state index in [1.54, 1.807) is 4.90 Å². The van der Waals surface area contributed by atoms with Crippen LogP contribution in [0.1, 0.15) is 32.1 Å². The van der Waals surface area contributed by atoms with Crippen molar-refractivity contribution in [3.05, 3.63) is 0 Å². The van der Waals surface area contributed by atoms with E-state index in [1.165, 1.54) is 19.3 Å². The zero-order chi connectivity index (χ0) is 12.3. The van der Waals surface area contributed by atoms with Gasteiger partial charge in [0.15, 0.2) is 0 Å². The van der Waals surface area contributed by atoms with Crippen LogP contribution in [0.3, 0.4) is 0 Å². The smallest absolute Gasteiger partial charge is 0.242 e. The molecule has 2 rings (SSSR count). The molecule has 0 aromatic heterocycles. The predicted molar refractivity (Wildman–Crippen MR) is 76.2 cm³/mol. The number of carbonyl (C=O) groups is 1. The fourth-order valence-corrected chi connectivity index (χ4v) is 3.31. The summed E-state index contributed by atoms with van der Waals surface area (Å²) in [5, 5.41) is 3.37. The summed E-state index contributed by atoms with van der Waals surface area (Å²) in [4.78, 5) is 16.8. The first-order valence-electron chi connectivity index (χ1n) is 6.84. The van der Waals surface area contributed by atoms with Crippen LogP contribution < -0.4 is 5.32 Å². The number of halogens is 1. The molecule has 1 saturated heterocycles. The van der Waals surface area contributed by atoms with Crippen molar-refractivity contribution in [1.82, 2.24) is 15.1 Å². The van der Waals surface area contributed by atoms with Crippen LogP contribution in [0.4, 0.5) is 0 Å². The third kappa shape index (κ3) is 2.98. The van der Waals surface area contributed by atoms with Crippen molar-refractivity contribution in [2.24, 2.45) is 0 Å². The van der Waals surface area contributed by atoms with Crippen LogP contribution in [0.25, 0.3) is 0 Å². The van der Waals surface area contributed by atoms with Crippen LogP contribution in [0.2, 0.25) is 0 Å². The Balaban J connectivity index is 0.00000162. The van der Waals surface area contributed by atoms with Gasteiger partial charge in [-0.3, -0.25) is 9.69 Å². The first kappa shape index (κ1) is 15.7. The number of amides is 1. The van der Waals surface area contributed by atoms with E-state index in [2.05, 4.69) is 10.2 Å². The Bertz CT molecular complexity index is 271. The lowest BCUT2D eigenvalue weighted by atomic mass is 9.78. The van der Waals surface area contributed by atoms with Crippen LogP contribution in [0, 0.1) is 0 Å². The van der Waals surface area contributed by atoms with Crippen molar-refractivity contribution in [2.45, 2.75) is 37.6 Å². The third-order valence-corrected chi connectivity index (χ3v) is 4.21. The van der Waals surface area contributed by atoms with E-state index in [9.17, 15) is 4.79 Å². The van der Waals surface area contributed by atoms with Gasteiger partial charge in [0.2, 0.25) is 5.91 Å². The van der Waals surface area contributed by atoms with E-state index in [-0.39, 0.29) is 17.9 Å². The number of nitrogens with zero attached hydrogens (tertiary/aromatic N) is 2. The van der Waals surface area contributed by atoms with Crippen LogP contribution in [-0.4, -0.2) is 61.5 Å². The molecule has 0 aromatic carbocycles. The Labute approximate surface area is 116 Å². The van der Waals surface area contributed by atoms with Crippen molar-refractivity contribution in [3.63, 3.8) is 0 Å². The van der Waals surface area contributed by atoms with Crippen LogP contribution >= 0.6 is 12.4 Å². The summed E-state index contributed by atoms with van der Waals surface area (Å²) < 4.78 is 0. The lowest BCUT2D eigenvalue weighted by Crippen LogP contribution is -2.63. The van der Waals surface area contributed by atoms with Crippen molar-refractivity contribution in [2.75, 3.05) is 40.3 Å². The van der Waals surface area contributed by atoms with E-state index < -0.39 is 0 Å². The van der Waals surface area contributed by atoms with Crippen molar-refractivity contribution in [3.8, 4) is 0 Å². The van der Waals surface area contributed by atoms with Crippen LogP contribution in [-0.2, 0) is 4.79 Å². The Morgan fingerprint density at radius 2 is 1.67 bits per heavy atom. The molecular weight excluding hydrogens is 250 g/mol. The lowest BCUT2D eigenvalue weighted by molar-refractivity contribution is -0.145. The van der Waals surface area contributed by atoms with Gasteiger partial charge in [0, 0.05) is 40.3 Å². The molecule has 0 spiro atoms. The molecule has 2 aliphatic rings. The largest absolute Gasteiger partial charge is 0.347 e. The molecule has 2 fully saturated rings. The summed E-state index contributed by atoms with van der Waals surface area (Å²) in [6.07, 6.45) is 5.77. The van der Waals surface area contributed by atoms with Gasteiger partial charge in [-0.15, -0.1) is 12.4 Å². The molecule has 5 heteroatoms. The quantitative estimate of drug-likeness (QED) is 0.820.